The average Bonchev–Trinajstić information content (AvgIpc) is 3.33. The van der Waals surface area contributed by atoms with Crippen LogP contribution in [0.4, 0.5) is 0 Å². The lowest BCUT2D eigenvalue weighted by atomic mass is 9.73. The van der Waals surface area contributed by atoms with Gasteiger partial charge in [-0.1, -0.05) is 24.3 Å². The number of methoxy groups -OCH3 is 1. The number of nitrogens with one attached hydrogen (secondary N) is 1. The van der Waals surface area contributed by atoms with Crippen LogP contribution in [0, 0.1) is 0 Å². The van der Waals surface area contributed by atoms with Gasteiger partial charge in [0.2, 0.25) is 5.91 Å². The molecule has 138 valence electrons. The molecule has 1 aromatic carbocycles. The van der Waals surface area contributed by atoms with Crippen LogP contribution < -0.4 is 10.1 Å². The van der Waals surface area contributed by atoms with Crippen molar-refractivity contribution in [3.63, 3.8) is 0 Å². The standard InChI is InChI=1S/C21H25NO3S/c1-24-17-6-3-2-5-16(17)20(10-12-25-13-11-20)15-22-19(23)21(8-9-21)18-7-4-14-26-18/h2-7,14H,8-13,15H2,1H3,(H,22,23). The van der Waals surface area contributed by atoms with Crippen LogP contribution in [0.15, 0.2) is 41.8 Å². The number of ether oxygens (including phenoxy) is 2. The van der Waals surface area contributed by atoms with E-state index in [-0.39, 0.29) is 16.7 Å². The molecule has 2 aliphatic rings. The summed E-state index contributed by atoms with van der Waals surface area (Å²) in [4.78, 5) is 14.2. The minimum Gasteiger partial charge on any atom is -0.496 e. The van der Waals surface area contributed by atoms with Gasteiger partial charge in [0.15, 0.2) is 0 Å². The molecule has 2 heterocycles. The summed E-state index contributed by atoms with van der Waals surface area (Å²) in [6, 6.07) is 12.3. The second kappa shape index (κ2) is 7.05. The fraction of sp³-hybridized carbons (Fsp3) is 0.476. The van der Waals surface area contributed by atoms with Crippen molar-refractivity contribution in [1.29, 1.82) is 0 Å². The highest BCUT2D eigenvalue weighted by Crippen LogP contribution is 2.50. The highest BCUT2D eigenvalue weighted by molar-refractivity contribution is 7.10. The van der Waals surface area contributed by atoms with Crippen molar-refractivity contribution >= 4 is 17.2 Å². The number of amides is 1. The first-order valence-corrected chi connectivity index (χ1v) is 10.1. The minimum absolute atomic E-state index is 0.133. The molecule has 4 rings (SSSR count). The van der Waals surface area contributed by atoms with Gasteiger partial charge in [-0.2, -0.15) is 0 Å². The molecule has 5 heteroatoms. The van der Waals surface area contributed by atoms with Gasteiger partial charge in [0.05, 0.1) is 12.5 Å². The Balaban J connectivity index is 1.56. The molecule has 26 heavy (non-hydrogen) atoms. The number of hydrogen-bond acceptors (Lipinski definition) is 4. The fourth-order valence-corrected chi connectivity index (χ4v) is 5.05. The minimum atomic E-state index is -0.290. The van der Waals surface area contributed by atoms with E-state index in [1.807, 2.05) is 24.3 Å². The Morgan fingerprint density at radius 3 is 2.58 bits per heavy atom. The van der Waals surface area contributed by atoms with Crippen molar-refractivity contribution < 1.29 is 14.3 Å². The summed E-state index contributed by atoms with van der Waals surface area (Å²) < 4.78 is 11.2. The summed E-state index contributed by atoms with van der Waals surface area (Å²) in [5.74, 6) is 1.06. The molecule has 2 fully saturated rings. The number of thiophene rings is 1. The molecule has 1 N–H and O–H groups in total. The van der Waals surface area contributed by atoms with Crippen molar-refractivity contribution in [3.8, 4) is 5.75 Å². The van der Waals surface area contributed by atoms with E-state index in [4.69, 9.17) is 9.47 Å². The number of hydrogen-bond donors (Lipinski definition) is 1. The Bertz CT molecular complexity index is 761. The Kier molecular flexibility index (Phi) is 4.76. The third-order valence-corrected chi connectivity index (χ3v) is 6.97. The van der Waals surface area contributed by atoms with E-state index in [0.717, 1.165) is 31.4 Å². The van der Waals surface area contributed by atoms with E-state index in [1.165, 1.54) is 10.4 Å². The van der Waals surface area contributed by atoms with E-state index in [9.17, 15) is 4.79 Å². The van der Waals surface area contributed by atoms with Crippen molar-refractivity contribution in [2.45, 2.75) is 36.5 Å². The van der Waals surface area contributed by atoms with Crippen LogP contribution >= 0.6 is 11.3 Å². The molecule has 0 bridgehead atoms. The summed E-state index contributed by atoms with van der Waals surface area (Å²) in [6.45, 7) is 2.05. The quantitative estimate of drug-likeness (QED) is 0.843. The highest BCUT2D eigenvalue weighted by atomic mass is 32.1. The molecule has 1 saturated carbocycles. The maximum Gasteiger partial charge on any atom is 0.231 e. The third kappa shape index (κ3) is 3.03. The van der Waals surface area contributed by atoms with E-state index < -0.39 is 0 Å². The molecule has 4 nitrogen and oxygen atoms in total. The number of carbonyl (C=O) groups is 1. The van der Waals surface area contributed by atoms with Crippen LogP contribution in [0.1, 0.15) is 36.1 Å². The van der Waals surface area contributed by atoms with Gasteiger partial charge in [0, 0.05) is 35.6 Å². The Hall–Kier alpha value is -1.85. The topological polar surface area (TPSA) is 47.6 Å². The van der Waals surface area contributed by atoms with Gasteiger partial charge in [0.1, 0.15) is 5.75 Å². The van der Waals surface area contributed by atoms with Crippen molar-refractivity contribution in [2.75, 3.05) is 26.9 Å². The van der Waals surface area contributed by atoms with Crippen molar-refractivity contribution in [1.82, 2.24) is 5.32 Å². The molecule has 0 radical (unpaired) electrons. The lowest BCUT2D eigenvalue weighted by Gasteiger charge is -2.39. The van der Waals surface area contributed by atoms with Gasteiger partial charge >= 0.3 is 0 Å². The Labute approximate surface area is 158 Å². The summed E-state index contributed by atoms with van der Waals surface area (Å²) in [5.41, 5.74) is 0.750. The van der Waals surface area contributed by atoms with Crippen LogP contribution in [0.25, 0.3) is 0 Å². The summed E-state index contributed by atoms with van der Waals surface area (Å²) in [7, 11) is 1.71. The van der Waals surface area contributed by atoms with Gasteiger partial charge in [-0.15, -0.1) is 11.3 Å². The summed E-state index contributed by atoms with van der Waals surface area (Å²) >= 11 is 1.68. The molecule has 1 amide bonds. The molecular formula is C21H25NO3S. The normalized spacial score (nSPS) is 20.3. The molecule has 1 saturated heterocycles. The van der Waals surface area contributed by atoms with E-state index in [2.05, 4.69) is 22.8 Å². The molecule has 1 aliphatic heterocycles. The Morgan fingerprint density at radius 2 is 1.92 bits per heavy atom. The van der Waals surface area contributed by atoms with Crippen LogP contribution in [0.3, 0.4) is 0 Å². The number of benzene rings is 1. The largest absolute Gasteiger partial charge is 0.496 e. The van der Waals surface area contributed by atoms with E-state index in [1.54, 1.807) is 18.4 Å². The predicted octanol–water partition coefficient (Wildman–Crippen LogP) is 3.65. The smallest absolute Gasteiger partial charge is 0.231 e. The van der Waals surface area contributed by atoms with Gasteiger partial charge in [0.25, 0.3) is 0 Å². The zero-order valence-electron chi connectivity index (χ0n) is 15.1. The van der Waals surface area contributed by atoms with Crippen LogP contribution in [0.2, 0.25) is 0 Å². The van der Waals surface area contributed by atoms with Crippen LogP contribution in [0.5, 0.6) is 5.75 Å². The third-order valence-electron chi connectivity index (χ3n) is 5.89. The summed E-state index contributed by atoms with van der Waals surface area (Å²) in [5, 5.41) is 5.34. The molecule has 1 aromatic heterocycles. The van der Waals surface area contributed by atoms with Gasteiger partial charge in [-0.05, 0) is 43.2 Å². The first-order chi connectivity index (χ1) is 12.7. The van der Waals surface area contributed by atoms with Gasteiger partial charge in [-0.3, -0.25) is 4.79 Å². The van der Waals surface area contributed by atoms with Crippen LogP contribution in [-0.4, -0.2) is 32.8 Å². The monoisotopic (exact) mass is 371 g/mol. The average molecular weight is 372 g/mol. The number of carbonyl (C=O) groups excluding carboxylic acids is 1. The molecule has 1 aliphatic carbocycles. The van der Waals surface area contributed by atoms with Gasteiger partial charge in [-0.25, -0.2) is 0 Å². The molecule has 0 unspecified atom stereocenters. The second-order valence-electron chi connectivity index (χ2n) is 7.34. The summed E-state index contributed by atoms with van der Waals surface area (Å²) in [6.07, 6.45) is 3.67. The maximum absolute atomic E-state index is 13.0. The van der Waals surface area contributed by atoms with Crippen molar-refractivity contribution in [3.05, 3.63) is 52.2 Å². The van der Waals surface area contributed by atoms with Crippen LogP contribution in [-0.2, 0) is 20.4 Å². The lowest BCUT2D eigenvalue weighted by molar-refractivity contribution is -0.124. The van der Waals surface area contributed by atoms with Gasteiger partial charge < -0.3 is 14.8 Å². The molecule has 2 aromatic rings. The fourth-order valence-electron chi connectivity index (χ4n) is 4.07. The number of para-hydroxylation sites is 1. The molecule has 0 atom stereocenters. The SMILES string of the molecule is COc1ccccc1C1(CNC(=O)C2(c3cccs3)CC2)CCOCC1. The molecular weight excluding hydrogens is 346 g/mol. The van der Waals surface area contributed by atoms with E-state index in [0.29, 0.717) is 19.8 Å². The zero-order valence-corrected chi connectivity index (χ0v) is 15.9. The molecule has 0 spiro atoms. The predicted molar refractivity (Wildman–Crippen MR) is 103 cm³/mol. The highest BCUT2D eigenvalue weighted by Gasteiger charge is 2.52. The lowest BCUT2D eigenvalue weighted by Crippen LogP contribution is -2.47. The van der Waals surface area contributed by atoms with Crippen molar-refractivity contribution in [2.24, 2.45) is 0 Å². The second-order valence-corrected chi connectivity index (χ2v) is 8.28. The van der Waals surface area contributed by atoms with E-state index >= 15 is 0 Å². The Morgan fingerprint density at radius 1 is 1.15 bits per heavy atom. The maximum atomic E-state index is 13.0. The zero-order chi connectivity index (χ0) is 18.0. The first-order valence-electron chi connectivity index (χ1n) is 9.24. The first kappa shape index (κ1) is 17.6. The number of rotatable bonds is 6.